The van der Waals surface area contributed by atoms with E-state index in [4.69, 9.17) is 0 Å². The molecule has 2 rings (SSSR count). The molecule has 0 fully saturated rings. The molecule has 0 atom stereocenters. The van der Waals surface area contributed by atoms with Crippen molar-refractivity contribution in [2.75, 3.05) is 12.1 Å². The van der Waals surface area contributed by atoms with Gasteiger partial charge < -0.3 is 0 Å². The van der Waals surface area contributed by atoms with E-state index in [-0.39, 0.29) is 0 Å². The minimum atomic E-state index is 0.951. The van der Waals surface area contributed by atoms with Gasteiger partial charge in [-0.25, -0.2) is 0 Å². The number of rotatable bonds is 0. The van der Waals surface area contributed by atoms with E-state index in [0.29, 0.717) is 0 Å². The molecular weight excluding hydrogens is 204 g/mol. The quantitative estimate of drug-likeness (QED) is 0.609. The maximum Gasteiger partial charge on any atom is 0.0574 e. The molecule has 0 saturated heterocycles. The Morgan fingerprint density at radius 2 is 2.09 bits per heavy atom. The first-order valence-electron chi connectivity index (χ1n) is 3.54. The van der Waals surface area contributed by atoms with E-state index in [2.05, 4.69) is 45.4 Å². The first-order valence-corrected chi connectivity index (χ1v) is 4.25. The molecule has 11 heavy (non-hydrogen) atoms. The third-order valence-electron chi connectivity index (χ3n) is 1.97. The summed E-state index contributed by atoms with van der Waals surface area (Å²) >= 11 is 3.44. The normalized spacial score (nSPS) is 17.1. The van der Waals surface area contributed by atoms with E-state index in [0.717, 1.165) is 6.54 Å². The second-order valence-electron chi connectivity index (χ2n) is 2.65. The Balaban J connectivity index is 2.47. The van der Waals surface area contributed by atoms with Crippen molar-refractivity contribution < 1.29 is 0 Å². The van der Waals surface area contributed by atoms with Crippen molar-refractivity contribution in [3.05, 3.63) is 29.8 Å². The van der Waals surface area contributed by atoms with Crippen molar-refractivity contribution in [1.82, 2.24) is 4.03 Å². The summed E-state index contributed by atoms with van der Waals surface area (Å²) in [6.07, 6.45) is 0. The van der Waals surface area contributed by atoms with Crippen molar-refractivity contribution in [2.24, 2.45) is 0 Å². The molecule has 1 heterocycles. The Morgan fingerprint density at radius 1 is 1.36 bits per heavy atom. The van der Waals surface area contributed by atoms with Crippen LogP contribution in [0.25, 0.3) is 0 Å². The van der Waals surface area contributed by atoms with Crippen molar-refractivity contribution in [2.45, 2.75) is 6.54 Å². The molecule has 0 aromatic heterocycles. The van der Waals surface area contributed by atoms with E-state index >= 15 is 0 Å². The Kier molecular flexibility index (Phi) is 1.62. The summed E-state index contributed by atoms with van der Waals surface area (Å²) in [4.78, 5) is 0. The monoisotopic (exact) mass is 212 g/mol. The summed E-state index contributed by atoms with van der Waals surface area (Å²) in [5.74, 6) is 0. The third-order valence-corrected chi connectivity index (χ3v) is 2.69. The lowest BCUT2D eigenvalue weighted by Gasteiger charge is -2.18. The van der Waals surface area contributed by atoms with Crippen LogP contribution >= 0.6 is 16.1 Å². The van der Waals surface area contributed by atoms with Crippen LogP contribution in [-0.4, -0.2) is 11.1 Å². The molecule has 1 aliphatic rings. The van der Waals surface area contributed by atoms with Gasteiger partial charge in [0.15, 0.2) is 0 Å². The molecule has 3 heteroatoms. The number of hydrogen-bond donors (Lipinski definition) is 0. The summed E-state index contributed by atoms with van der Waals surface area (Å²) in [5.41, 5.74) is 2.65. The number of hydrazine groups is 1. The van der Waals surface area contributed by atoms with Crippen LogP contribution in [0.3, 0.4) is 0 Å². The number of nitrogens with zero attached hydrogens (tertiary/aromatic N) is 2. The fourth-order valence-corrected chi connectivity index (χ4v) is 1.76. The van der Waals surface area contributed by atoms with E-state index < -0.39 is 0 Å². The van der Waals surface area contributed by atoms with E-state index in [1.54, 1.807) is 0 Å². The lowest BCUT2D eigenvalue weighted by Crippen LogP contribution is -2.24. The van der Waals surface area contributed by atoms with Crippen LogP contribution in [0.1, 0.15) is 5.56 Å². The predicted octanol–water partition coefficient (Wildman–Crippen LogP) is 2.16. The lowest BCUT2D eigenvalue weighted by molar-refractivity contribution is 0.513. The van der Waals surface area contributed by atoms with Crippen LogP contribution < -0.4 is 5.01 Å². The molecule has 0 saturated carbocycles. The molecule has 0 spiro atoms. The molecular formula is C8H9BrN2. The number of anilines is 1. The minimum Gasteiger partial charge on any atom is -0.298 e. The van der Waals surface area contributed by atoms with Gasteiger partial charge in [-0.2, -0.15) is 4.03 Å². The van der Waals surface area contributed by atoms with Crippen molar-refractivity contribution in [1.29, 1.82) is 0 Å². The highest BCUT2D eigenvalue weighted by Crippen LogP contribution is 2.30. The van der Waals surface area contributed by atoms with Gasteiger partial charge in [0.05, 0.1) is 12.2 Å². The molecule has 0 radical (unpaired) electrons. The van der Waals surface area contributed by atoms with Crippen LogP contribution in [0.2, 0.25) is 0 Å². The molecule has 1 aromatic carbocycles. The second kappa shape index (κ2) is 2.50. The highest BCUT2D eigenvalue weighted by molar-refractivity contribution is 9.07. The van der Waals surface area contributed by atoms with Crippen LogP contribution in [0, 0.1) is 0 Å². The van der Waals surface area contributed by atoms with Gasteiger partial charge in [0.1, 0.15) is 0 Å². The first-order chi connectivity index (χ1) is 5.29. The maximum atomic E-state index is 3.44. The summed E-state index contributed by atoms with van der Waals surface area (Å²) in [7, 11) is 2.04. The zero-order valence-corrected chi connectivity index (χ0v) is 7.87. The largest absolute Gasteiger partial charge is 0.298 e. The molecule has 2 nitrogen and oxygen atoms in total. The van der Waals surface area contributed by atoms with Gasteiger partial charge in [-0.1, -0.05) is 18.2 Å². The van der Waals surface area contributed by atoms with Gasteiger partial charge in [-0.05, 0) is 11.6 Å². The number of halogens is 1. The SMILES string of the molecule is CN1c2ccccc2CN1Br. The lowest BCUT2D eigenvalue weighted by atomic mass is 10.2. The van der Waals surface area contributed by atoms with E-state index in [1.165, 1.54) is 11.3 Å². The maximum absolute atomic E-state index is 3.44. The number of benzene rings is 1. The van der Waals surface area contributed by atoms with E-state index in [1.807, 2.05) is 11.1 Å². The fraction of sp³-hybridized carbons (Fsp3) is 0.250. The van der Waals surface area contributed by atoms with Gasteiger partial charge in [0.25, 0.3) is 0 Å². The van der Waals surface area contributed by atoms with Crippen molar-refractivity contribution in [3.63, 3.8) is 0 Å². The Bertz CT molecular complexity index is 275. The predicted molar refractivity (Wildman–Crippen MR) is 49.3 cm³/mol. The average Bonchev–Trinajstić information content (AvgIpc) is 2.30. The van der Waals surface area contributed by atoms with Crippen LogP contribution in [-0.2, 0) is 6.54 Å². The molecule has 0 N–H and O–H groups in total. The molecule has 0 amide bonds. The second-order valence-corrected chi connectivity index (χ2v) is 3.47. The van der Waals surface area contributed by atoms with Crippen LogP contribution in [0.4, 0.5) is 5.69 Å². The highest BCUT2D eigenvalue weighted by Gasteiger charge is 2.20. The molecule has 0 aliphatic carbocycles. The summed E-state index contributed by atoms with van der Waals surface area (Å²) in [6, 6.07) is 8.39. The van der Waals surface area contributed by atoms with E-state index in [9.17, 15) is 0 Å². The summed E-state index contributed by atoms with van der Waals surface area (Å²) in [6.45, 7) is 0.951. The number of hydrogen-bond acceptors (Lipinski definition) is 2. The Morgan fingerprint density at radius 3 is 2.82 bits per heavy atom. The Labute approximate surface area is 74.7 Å². The van der Waals surface area contributed by atoms with Crippen molar-refractivity contribution in [3.8, 4) is 0 Å². The molecule has 1 aliphatic heterocycles. The molecule has 58 valence electrons. The van der Waals surface area contributed by atoms with Crippen molar-refractivity contribution >= 4 is 21.8 Å². The van der Waals surface area contributed by atoms with Gasteiger partial charge in [-0.15, -0.1) is 0 Å². The van der Waals surface area contributed by atoms with Gasteiger partial charge in [-0.3, -0.25) is 5.01 Å². The topological polar surface area (TPSA) is 6.48 Å². The van der Waals surface area contributed by atoms with Gasteiger partial charge >= 0.3 is 0 Å². The van der Waals surface area contributed by atoms with Gasteiger partial charge in [0.2, 0.25) is 0 Å². The summed E-state index contributed by atoms with van der Waals surface area (Å²) in [5, 5.41) is 2.09. The summed E-state index contributed by atoms with van der Waals surface area (Å²) < 4.78 is 2.01. The molecule has 0 unspecified atom stereocenters. The first kappa shape index (κ1) is 7.13. The number of fused-ring (bicyclic) bond motifs is 1. The number of para-hydroxylation sites is 1. The molecule has 0 bridgehead atoms. The van der Waals surface area contributed by atoms with Crippen LogP contribution in [0.5, 0.6) is 0 Å². The zero-order valence-electron chi connectivity index (χ0n) is 6.29. The smallest absolute Gasteiger partial charge is 0.0574 e. The van der Waals surface area contributed by atoms with Gasteiger partial charge in [0, 0.05) is 23.2 Å². The molecule has 1 aromatic rings. The van der Waals surface area contributed by atoms with Crippen LogP contribution in [0.15, 0.2) is 24.3 Å². The average molecular weight is 213 g/mol. The zero-order chi connectivity index (χ0) is 7.84. The standard InChI is InChI=1S/C8H9BrN2/c1-10-8-5-3-2-4-7(8)6-11(10)9/h2-5H,6H2,1H3. The highest BCUT2D eigenvalue weighted by atomic mass is 79.9. The Hall–Kier alpha value is -0.540. The minimum absolute atomic E-state index is 0.951. The third kappa shape index (κ3) is 1.04. The fourth-order valence-electron chi connectivity index (χ4n) is 1.32.